The van der Waals surface area contributed by atoms with E-state index >= 15 is 0 Å². The van der Waals surface area contributed by atoms with Crippen LogP contribution in [0, 0.1) is 5.82 Å². The summed E-state index contributed by atoms with van der Waals surface area (Å²) in [5.41, 5.74) is -1.10. The normalized spacial score (nSPS) is 11.6. The number of fused-ring (bicyclic) bond motifs is 1. The van der Waals surface area contributed by atoms with E-state index in [4.69, 9.17) is 11.6 Å². The molecule has 0 fully saturated rings. The van der Waals surface area contributed by atoms with Gasteiger partial charge in [-0.3, -0.25) is 9.36 Å². The first-order chi connectivity index (χ1) is 17.9. The van der Waals surface area contributed by atoms with Crippen LogP contribution in [0.3, 0.4) is 0 Å². The van der Waals surface area contributed by atoms with Gasteiger partial charge in [-0.2, -0.15) is 18.2 Å². The Bertz CT molecular complexity index is 1600. The molecule has 2 aromatic heterocycles. The van der Waals surface area contributed by atoms with E-state index in [1.54, 1.807) is 19.3 Å². The molecule has 4 rings (SSSR count). The lowest BCUT2D eigenvalue weighted by atomic mass is 10.0. The molecule has 0 aliphatic carbocycles. The zero-order chi connectivity index (χ0) is 27.8. The second-order valence-corrected chi connectivity index (χ2v) is 8.92. The topological polar surface area (TPSA) is 101 Å². The molecule has 0 saturated carbocycles. The summed E-state index contributed by atoms with van der Waals surface area (Å²) >= 11 is 5.60. The molecule has 0 saturated heterocycles. The number of carbonyl (C=O) groups excluding carboxylic acids is 1. The van der Waals surface area contributed by atoms with E-state index in [2.05, 4.69) is 25.9 Å². The van der Waals surface area contributed by atoms with Gasteiger partial charge in [-0.1, -0.05) is 17.7 Å². The first kappa shape index (κ1) is 26.9. The highest BCUT2D eigenvalue weighted by molar-refractivity contribution is 6.31. The van der Waals surface area contributed by atoms with Gasteiger partial charge in [0.05, 0.1) is 16.3 Å². The summed E-state index contributed by atoms with van der Waals surface area (Å²) in [4.78, 5) is 34.5. The average Bonchev–Trinajstić information content (AvgIpc) is 2.85. The quantitative estimate of drug-likeness (QED) is 0.246. The van der Waals surface area contributed by atoms with Crippen molar-refractivity contribution < 1.29 is 22.4 Å². The summed E-state index contributed by atoms with van der Waals surface area (Å²) in [6, 6.07) is 6.84. The largest absolute Gasteiger partial charge is 0.417 e. The van der Waals surface area contributed by atoms with Crippen molar-refractivity contribution in [1.29, 1.82) is 0 Å². The molecule has 4 aromatic rings. The van der Waals surface area contributed by atoms with Crippen LogP contribution in [0.25, 0.3) is 22.2 Å². The number of pyridine rings is 1. The third kappa shape index (κ3) is 5.40. The summed E-state index contributed by atoms with van der Waals surface area (Å²) in [7, 11) is 1.65. The third-order valence-corrected chi connectivity index (χ3v) is 5.90. The van der Waals surface area contributed by atoms with Gasteiger partial charge in [-0.15, -0.1) is 0 Å². The highest BCUT2D eigenvalue weighted by Crippen LogP contribution is 2.36. The van der Waals surface area contributed by atoms with Crippen LogP contribution in [0.15, 0.2) is 53.5 Å². The Morgan fingerprint density at radius 2 is 1.82 bits per heavy atom. The molecule has 2 aromatic carbocycles. The zero-order valence-electron chi connectivity index (χ0n) is 20.2. The minimum atomic E-state index is -4.73. The second-order valence-electron chi connectivity index (χ2n) is 8.52. The van der Waals surface area contributed by atoms with Gasteiger partial charge in [0.2, 0.25) is 5.95 Å². The average molecular weight is 549 g/mol. The second kappa shape index (κ2) is 10.3. The number of hydrogen-bond donors (Lipinski definition) is 3. The molecular weight excluding hydrogens is 528 g/mol. The van der Waals surface area contributed by atoms with Gasteiger partial charge in [-0.05, 0) is 55.8 Å². The summed E-state index contributed by atoms with van der Waals surface area (Å²) < 4.78 is 55.4. The highest BCUT2D eigenvalue weighted by Gasteiger charge is 2.33. The van der Waals surface area contributed by atoms with Gasteiger partial charge < -0.3 is 16.0 Å². The molecule has 0 aliphatic rings. The maximum absolute atomic E-state index is 14.6. The van der Waals surface area contributed by atoms with Crippen LogP contribution in [0.4, 0.5) is 39.7 Å². The standard InChI is InChI=1S/C25H21ClF4N6O2/c1-12(2)36-21-14(11-32-23(31-3)35-21)8-16(22(36)37)13-4-7-19(27)20(9-13)34-24(38)33-15-5-6-18(26)17(10-15)25(28,29)30/h4-12H,1-3H3,(H,31,32,35)(H2,33,34,38). The van der Waals surface area contributed by atoms with Crippen molar-refractivity contribution in [3.63, 3.8) is 0 Å². The maximum Gasteiger partial charge on any atom is 0.417 e. The summed E-state index contributed by atoms with van der Waals surface area (Å²) in [5, 5.41) is 7.35. The molecule has 0 bridgehead atoms. The number of urea groups is 1. The molecular formula is C25H21ClF4N6O2. The predicted molar refractivity (Wildman–Crippen MR) is 138 cm³/mol. The molecule has 198 valence electrons. The number of halogens is 5. The Hall–Kier alpha value is -4.19. The van der Waals surface area contributed by atoms with Crippen LogP contribution < -0.4 is 21.5 Å². The predicted octanol–water partition coefficient (Wildman–Crippen LogP) is 6.54. The first-order valence-electron chi connectivity index (χ1n) is 11.2. The summed E-state index contributed by atoms with van der Waals surface area (Å²) in [6.45, 7) is 3.63. The number of carbonyl (C=O) groups is 1. The number of aromatic nitrogens is 3. The van der Waals surface area contributed by atoms with Gasteiger partial charge in [0.25, 0.3) is 5.56 Å². The number of alkyl halides is 3. The number of benzene rings is 2. The van der Waals surface area contributed by atoms with E-state index in [0.717, 1.165) is 12.1 Å². The minimum Gasteiger partial charge on any atom is -0.357 e. The number of nitrogens with zero attached hydrogens (tertiary/aromatic N) is 3. The molecule has 2 amide bonds. The van der Waals surface area contributed by atoms with Crippen LogP contribution in [0.1, 0.15) is 25.5 Å². The Labute approximate surface area is 218 Å². The van der Waals surface area contributed by atoms with E-state index in [-0.39, 0.29) is 23.0 Å². The van der Waals surface area contributed by atoms with Crippen LogP contribution in [-0.4, -0.2) is 27.6 Å². The van der Waals surface area contributed by atoms with E-state index < -0.39 is 34.2 Å². The van der Waals surface area contributed by atoms with Crippen molar-refractivity contribution in [2.24, 2.45) is 0 Å². The van der Waals surface area contributed by atoms with Crippen LogP contribution in [-0.2, 0) is 6.18 Å². The van der Waals surface area contributed by atoms with Crippen molar-refractivity contribution in [2.75, 3.05) is 23.0 Å². The zero-order valence-corrected chi connectivity index (χ0v) is 21.0. The molecule has 38 heavy (non-hydrogen) atoms. The molecule has 13 heteroatoms. The molecule has 0 radical (unpaired) electrons. The molecule has 8 nitrogen and oxygen atoms in total. The summed E-state index contributed by atoms with van der Waals surface area (Å²) in [5.74, 6) is -0.482. The van der Waals surface area contributed by atoms with Crippen molar-refractivity contribution in [1.82, 2.24) is 14.5 Å². The molecule has 2 heterocycles. The molecule has 0 aliphatic heterocycles. The smallest absolute Gasteiger partial charge is 0.357 e. The number of hydrogen-bond acceptors (Lipinski definition) is 5. The fourth-order valence-electron chi connectivity index (χ4n) is 3.82. The van der Waals surface area contributed by atoms with E-state index in [0.29, 0.717) is 28.6 Å². The number of amides is 2. The SMILES string of the molecule is CNc1ncc2cc(-c3ccc(F)c(NC(=O)Nc4ccc(Cl)c(C(F)(F)F)c4)c3)c(=O)n(C(C)C)c2n1. The fraction of sp³-hybridized carbons (Fsp3) is 0.200. The van der Waals surface area contributed by atoms with E-state index in [1.165, 1.54) is 22.8 Å². The Balaban J connectivity index is 1.69. The van der Waals surface area contributed by atoms with Gasteiger partial charge in [0, 0.05) is 35.9 Å². The fourth-order valence-corrected chi connectivity index (χ4v) is 4.04. The van der Waals surface area contributed by atoms with Crippen molar-refractivity contribution in [3.05, 3.63) is 75.4 Å². The van der Waals surface area contributed by atoms with Crippen molar-refractivity contribution >= 4 is 46.0 Å². The number of rotatable bonds is 5. The Kier molecular flexibility index (Phi) is 7.27. The lowest BCUT2D eigenvalue weighted by Gasteiger charge is -2.16. The van der Waals surface area contributed by atoms with Gasteiger partial charge in [0.1, 0.15) is 11.5 Å². The monoisotopic (exact) mass is 548 g/mol. The minimum absolute atomic E-state index is 0.203. The van der Waals surface area contributed by atoms with Crippen LogP contribution in [0.2, 0.25) is 5.02 Å². The third-order valence-electron chi connectivity index (χ3n) is 5.57. The van der Waals surface area contributed by atoms with Crippen LogP contribution in [0.5, 0.6) is 0 Å². The first-order valence-corrected chi connectivity index (χ1v) is 11.6. The highest BCUT2D eigenvalue weighted by atomic mass is 35.5. The van der Waals surface area contributed by atoms with Crippen LogP contribution >= 0.6 is 11.6 Å². The Morgan fingerprint density at radius 3 is 2.47 bits per heavy atom. The van der Waals surface area contributed by atoms with Crippen molar-refractivity contribution in [3.8, 4) is 11.1 Å². The lowest BCUT2D eigenvalue weighted by molar-refractivity contribution is -0.137. The van der Waals surface area contributed by atoms with E-state index in [9.17, 15) is 27.2 Å². The Morgan fingerprint density at radius 1 is 1.08 bits per heavy atom. The lowest BCUT2D eigenvalue weighted by Crippen LogP contribution is -2.25. The number of anilines is 3. The van der Waals surface area contributed by atoms with E-state index in [1.807, 2.05) is 13.8 Å². The maximum atomic E-state index is 14.6. The molecule has 3 N–H and O–H groups in total. The van der Waals surface area contributed by atoms with Gasteiger partial charge in [-0.25, -0.2) is 14.2 Å². The molecule has 0 atom stereocenters. The van der Waals surface area contributed by atoms with Crippen molar-refractivity contribution in [2.45, 2.75) is 26.1 Å². The number of nitrogens with one attached hydrogen (secondary N) is 3. The molecule has 0 unspecified atom stereocenters. The van der Waals surface area contributed by atoms with Gasteiger partial charge >= 0.3 is 12.2 Å². The molecule has 0 spiro atoms. The summed E-state index contributed by atoms with van der Waals surface area (Å²) in [6.07, 6.45) is -3.18. The van der Waals surface area contributed by atoms with Gasteiger partial charge in [0.15, 0.2) is 0 Å².